The predicted octanol–water partition coefficient (Wildman–Crippen LogP) is 15.0. The van der Waals surface area contributed by atoms with Gasteiger partial charge in [-0.2, -0.15) is 0 Å². The molecule has 0 saturated heterocycles. The van der Waals surface area contributed by atoms with Crippen molar-refractivity contribution < 1.29 is 0 Å². The zero-order chi connectivity index (χ0) is 35.5. The lowest BCUT2D eigenvalue weighted by Crippen LogP contribution is -1.96. The maximum atomic E-state index is 4.15. The van der Waals surface area contributed by atoms with Crippen LogP contribution in [0.4, 0.5) is 0 Å². The van der Waals surface area contributed by atoms with E-state index in [0.717, 1.165) is 5.69 Å². The van der Waals surface area contributed by atoms with Crippen LogP contribution in [-0.4, -0.2) is 4.57 Å². The molecule has 0 spiro atoms. The molecule has 0 aliphatic carbocycles. The Balaban J connectivity index is 1.25. The van der Waals surface area contributed by atoms with Gasteiger partial charge in [0.1, 0.15) is 0 Å². The largest absolute Gasteiger partial charge is 0.309 e. The molecule has 0 N–H and O–H groups in total. The Morgan fingerprint density at radius 2 is 1.09 bits per heavy atom. The van der Waals surface area contributed by atoms with Crippen LogP contribution in [0.15, 0.2) is 176 Å². The molecule has 0 fully saturated rings. The summed E-state index contributed by atoms with van der Waals surface area (Å²) in [6, 6.07) is 60.2. The lowest BCUT2D eigenvalue weighted by molar-refractivity contribution is 1.19. The summed E-state index contributed by atoms with van der Waals surface area (Å²) in [7, 11) is 0. The minimum atomic E-state index is 1.15. The number of hydrogen-bond donors (Lipinski definition) is 0. The first-order valence-electron chi connectivity index (χ1n) is 18.2. The number of para-hydroxylation sites is 1. The molecule has 53 heavy (non-hydrogen) atoms. The van der Waals surface area contributed by atoms with Crippen molar-refractivity contribution in [3.8, 4) is 39.1 Å². The molecule has 0 aliphatic rings. The van der Waals surface area contributed by atoms with Crippen LogP contribution in [0.5, 0.6) is 0 Å². The van der Waals surface area contributed by atoms with E-state index in [4.69, 9.17) is 0 Å². The molecular weight excluding hydrogens is 659 g/mol. The van der Waals surface area contributed by atoms with Crippen molar-refractivity contribution >= 4 is 76.9 Å². The Morgan fingerprint density at radius 3 is 1.79 bits per heavy atom. The molecule has 0 radical (unpaired) electrons. The van der Waals surface area contributed by atoms with E-state index in [9.17, 15) is 0 Å². The lowest BCUT2D eigenvalue weighted by atomic mass is 9.86. The van der Waals surface area contributed by atoms with E-state index < -0.39 is 0 Å². The Kier molecular flexibility index (Phi) is 7.45. The first-order chi connectivity index (χ1) is 26.2. The average Bonchev–Trinajstić information content (AvgIpc) is 3.75. The fourth-order valence-corrected chi connectivity index (χ4v) is 9.74. The summed E-state index contributed by atoms with van der Waals surface area (Å²) in [6.45, 7) is 6.23. The van der Waals surface area contributed by atoms with E-state index in [1.165, 1.54) is 97.3 Å². The molecule has 0 amide bonds. The van der Waals surface area contributed by atoms with E-state index in [0.29, 0.717) is 0 Å². The number of nitrogens with zero attached hydrogens (tertiary/aromatic N) is 1. The van der Waals surface area contributed by atoms with Gasteiger partial charge in [-0.15, -0.1) is 11.3 Å². The number of allylic oxidation sites excluding steroid dienone is 1. The van der Waals surface area contributed by atoms with Gasteiger partial charge >= 0.3 is 0 Å². The molecule has 8 aromatic carbocycles. The van der Waals surface area contributed by atoms with Crippen molar-refractivity contribution in [3.05, 3.63) is 187 Å². The summed E-state index contributed by atoms with van der Waals surface area (Å²) in [5.41, 5.74) is 12.2. The summed E-state index contributed by atoms with van der Waals surface area (Å²) in [4.78, 5) is 1.25. The van der Waals surface area contributed by atoms with Crippen molar-refractivity contribution in [2.45, 2.75) is 6.92 Å². The van der Waals surface area contributed by atoms with Gasteiger partial charge in [-0.25, -0.2) is 0 Å². The van der Waals surface area contributed by atoms with Gasteiger partial charge in [-0.1, -0.05) is 152 Å². The van der Waals surface area contributed by atoms with Crippen molar-refractivity contribution in [2.75, 3.05) is 0 Å². The maximum Gasteiger partial charge on any atom is 0.0541 e. The lowest BCUT2D eigenvalue weighted by Gasteiger charge is -2.19. The molecule has 1 nitrogen and oxygen atoms in total. The van der Waals surface area contributed by atoms with Crippen LogP contribution in [0.25, 0.3) is 105 Å². The van der Waals surface area contributed by atoms with Crippen LogP contribution in [-0.2, 0) is 0 Å². The van der Waals surface area contributed by atoms with Gasteiger partial charge in [0.15, 0.2) is 0 Å². The van der Waals surface area contributed by atoms with E-state index >= 15 is 0 Å². The normalized spacial score (nSPS) is 11.9. The zero-order valence-corrected chi connectivity index (χ0v) is 30.2. The summed E-state index contributed by atoms with van der Waals surface area (Å²) in [5, 5.41) is 8.77. The van der Waals surface area contributed by atoms with Gasteiger partial charge < -0.3 is 4.57 Å². The summed E-state index contributed by atoms with van der Waals surface area (Å²) >= 11 is 1.84. The third kappa shape index (κ3) is 4.91. The van der Waals surface area contributed by atoms with Gasteiger partial charge in [0.2, 0.25) is 0 Å². The molecule has 2 aromatic heterocycles. The second-order valence-electron chi connectivity index (χ2n) is 13.6. The highest BCUT2D eigenvalue weighted by atomic mass is 32.1. The van der Waals surface area contributed by atoms with Crippen molar-refractivity contribution in [1.82, 2.24) is 4.57 Å². The molecule has 0 aliphatic heterocycles. The van der Waals surface area contributed by atoms with E-state index in [1.807, 2.05) is 17.4 Å². The average molecular weight is 694 g/mol. The number of fused-ring (bicyclic) bond motifs is 6. The van der Waals surface area contributed by atoms with Gasteiger partial charge in [0.25, 0.3) is 0 Å². The highest BCUT2D eigenvalue weighted by Gasteiger charge is 2.20. The zero-order valence-electron chi connectivity index (χ0n) is 29.4. The highest BCUT2D eigenvalue weighted by molar-refractivity contribution is 7.20. The maximum absolute atomic E-state index is 4.15. The van der Waals surface area contributed by atoms with Crippen LogP contribution in [0, 0.1) is 0 Å². The fourth-order valence-electron chi connectivity index (χ4n) is 8.43. The quantitative estimate of drug-likeness (QED) is 0.153. The van der Waals surface area contributed by atoms with Crippen molar-refractivity contribution in [2.24, 2.45) is 0 Å². The summed E-state index contributed by atoms with van der Waals surface area (Å²) in [5.74, 6) is 0. The molecule has 10 rings (SSSR count). The molecule has 0 atom stereocenters. The first-order valence-corrected chi connectivity index (χ1v) is 19.0. The third-order valence-electron chi connectivity index (χ3n) is 10.7. The first kappa shape index (κ1) is 31.3. The Bertz CT molecular complexity index is 3070. The van der Waals surface area contributed by atoms with Crippen molar-refractivity contribution in [3.63, 3.8) is 0 Å². The number of thiophene rings is 1. The summed E-state index contributed by atoms with van der Waals surface area (Å²) < 4.78 is 3.74. The standard InChI is InChI=1S/C51H35NS/c1-3-16-48-37(4-2)43-25-15-24-38(51(43)53-48)35-27-30-47-44(31-35)39-21-13-14-26-46(39)52(47)36-28-29-42-45(32-36)50(34-19-9-6-10-20-34)41-23-12-11-22-40(41)49(42)33-17-7-5-8-18-33/h3-32H,2H2,1H3/b16-3-. The third-order valence-corrected chi connectivity index (χ3v) is 11.9. The van der Waals surface area contributed by atoms with E-state index in [-0.39, 0.29) is 0 Å². The number of aromatic nitrogens is 1. The molecule has 250 valence electrons. The van der Waals surface area contributed by atoms with E-state index in [1.54, 1.807) is 0 Å². The highest BCUT2D eigenvalue weighted by Crippen LogP contribution is 2.46. The van der Waals surface area contributed by atoms with Gasteiger partial charge in [-0.3, -0.25) is 0 Å². The second-order valence-corrected chi connectivity index (χ2v) is 14.7. The molecule has 0 bridgehead atoms. The van der Waals surface area contributed by atoms with Gasteiger partial charge in [-0.05, 0) is 104 Å². The van der Waals surface area contributed by atoms with Crippen LogP contribution < -0.4 is 0 Å². The summed E-state index contributed by atoms with van der Waals surface area (Å²) in [6.07, 6.45) is 6.30. The van der Waals surface area contributed by atoms with Crippen molar-refractivity contribution in [1.29, 1.82) is 0 Å². The molecular formula is C51H35NS. The predicted molar refractivity (Wildman–Crippen MR) is 232 cm³/mol. The number of hydrogen-bond acceptors (Lipinski definition) is 1. The molecule has 0 unspecified atom stereocenters. The number of benzene rings is 8. The van der Waals surface area contributed by atoms with Crippen LogP contribution in [0.3, 0.4) is 0 Å². The minimum Gasteiger partial charge on any atom is -0.309 e. The molecule has 2 heteroatoms. The Hall–Kier alpha value is -6.48. The fraction of sp³-hybridized carbons (Fsp3) is 0.0196. The second kappa shape index (κ2) is 12.6. The molecule has 2 heterocycles. The van der Waals surface area contributed by atoms with Gasteiger partial charge in [0.05, 0.1) is 11.0 Å². The minimum absolute atomic E-state index is 1.15. The van der Waals surface area contributed by atoms with Crippen LogP contribution >= 0.6 is 11.3 Å². The molecule has 10 aromatic rings. The monoisotopic (exact) mass is 693 g/mol. The SMILES string of the molecule is C=Cc1c(/C=C\C)sc2c(-c3ccc4c(c3)c3ccccc3n4-c3ccc4c(-c5ccccc5)c5ccccc5c(-c5ccccc5)c4c3)cccc12. The number of rotatable bonds is 6. The Morgan fingerprint density at radius 1 is 0.491 bits per heavy atom. The molecule has 0 saturated carbocycles. The van der Waals surface area contributed by atoms with E-state index in [2.05, 4.69) is 194 Å². The van der Waals surface area contributed by atoms with Crippen LogP contribution in [0.1, 0.15) is 17.4 Å². The Labute approximate surface area is 313 Å². The smallest absolute Gasteiger partial charge is 0.0541 e. The topological polar surface area (TPSA) is 4.93 Å². The van der Waals surface area contributed by atoms with Crippen LogP contribution in [0.2, 0.25) is 0 Å². The van der Waals surface area contributed by atoms with Gasteiger partial charge in [0, 0.05) is 31.4 Å².